The summed E-state index contributed by atoms with van der Waals surface area (Å²) in [4.78, 5) is 12.2. The van der Waals surface area contributed by atoms with E-state index in [4.69, 9.17) is 0 Å². The molecule has 0 N–H and O–H groups in total. The lowest BCUT2D eigenvalue weighted by molar-refractivity contribution is -0.139. The van der Waals surface area contributed by atoms with Gasteiger partial charge in [-0.1, -0.05) is 39.8 Å². The maximum absolute atomic E-state index is 12.2. The second kappa shape index (κ2) is 6.71. The molecule has 0 saturated heterocycles. The minimum atomic E-state index is 0.524. The zero-order valence-corrected chi connectivity index (χ0v) is 20.5. The number of ketones is 1. The van der Waals surface area contributed by atoms with Gasteiger partial charge in [-0.2, -0.15) is 0 Å². The van der Waals surface area contributed by atoms with E-state index in [0.29, 0.717) is 33.4 Å². The fourth-order valence-corrected chi connectivity index (χ4v) is 10.4. The molecule has 0 heterocycles. The Hall–Kier alpha value is -0.590. The molecule has 1 nitrogen and oxygen atoms in total. The molecule has 0 aromatic rings. The van der Waals surface area contributed by atoms with Crippen LogP contribution in [0.25, 0.3) is 0 Å². The van der Waals surface area contributed by atoms with Crippen LogP contribution >= 0.6 is 0 Å². The molecule has 5 fully saturated rings. The molecule has 1 heteroatoms. The maximum atomic E-state index is 12.2. The van der Waals surface area contributed by atoms with Crippen LogP contribution in [-0.4, -0.2) is 5.78 Å². The van der Waals surface area contributed by atoms with Crippen LogP contribution in [0.5, 0.6) is 0 Å². The first kappa shape index (κ1) is 21.3. The number of allylic oxidation sites excluding steroid dienone is 1. The Morgan fingerprint density at radius 2 is 1.77 bits per heavy atom. The number of rotatable bonds is 5. The Morgan fingerprint density at radius 1 is 1.00 bits per heavy atom. The van der Waals surface area contributed by atoms with Gasteiger partial charge in [0.15, 0.2) is 0 Å². The average molecular weight is 411 g/mol. The molecular formula is C29H46O. The number of carbonyl (C=O) groups is 1. The van der Waals surface area contributed by atoms with E-state index in [1.807, 2.05) is 0 Å². The highest BCUT2D eigenvalue weighted by molar-refractivity contribution is 5.80. The van der Waals surface area contributed by atoms with E-state index >= 15 is 0 Å². The van der Waals surface area contributed by atoms with E-state index in [1.165, 1.54) is 69.8 Å². The lowest BCUT2D eigenvalue weighted by Crippen LogP contribution is -2.54. The third-order valence-corrected chi connectivity index (χ3v) is 12.6. The molecule has 5 aliphatic rings. The molecule has 5 rings (SSSR count). The fourth-order valence-electron chi connectivity index (χ4n) is 10.4. The number of hydrogen-bond acceptors (Lipinski definition) is 1. The first-order chi connectivity index (χ1) is 14.1. The second-order valence-electron chi connectivity index (χ2n) is 13.3. The minimum Gasteiger partial charge on any atom is -0.300 e. The summed E-state index contributed by atoms with van der Waals surface area (Å²) in [5.41, 5.74) is 3.61. The van der Waals surface area contributed by atoms with Gasteiger partial charge in [-0.3, -0.25) is 4.79 Å². The van der Waals surface area contributed by atoms with Gasteiger partial charge < -0.3 is 0 Å². The van der Waals surface area contributed by atoms with Crippen LogP contribution in [0, 0.1) is 51.2 Å². The van der Waals surface area contributed by atoms with Gasteiger partial charge in [0.1, 0.15) is 5.78 Å². The Kier molecular flexibility index (Phi) is 4.75. The van der Waals surface area contributed by atoms with Gasteiger partial charge in [-0.05, 0) is 122 Å². The number of fused-ring (bicyclic) bond motifs is 2. The van der Waals surface area contributed by atoms with Crippen LogP contribution in [0.3, 0.4) is 0 Å². The van der Waals surface area contributed by atoms with Crippen molar-refractivity contribution in [2.75, 3.05) is 0 Å². The highest BCUT2D eigenvalue weighted by Crippen LogP contribution is 2.87. The highest BCUT2D eigenvalue weighted by Gasteiger charge is 2.80. The largest absolute Gasteiger partial charge is 0.300 e. The molecule has 2 spiro atoms. The van der Waals surface area contributed by atoms with Crippen molar-refractivity contribution in [3.8, 4) is 0 Å². The molecule has 0 bridgehead atoms. The van der Waals surface area contributed by atoms with Crippen LogP contribution in [0.1, 0.15) is 112 Å². The Bertz CT molecular complexity index is 751. The van der Waals surface area contributed by atoms with E-state index < -0.39 is 0 Å². The van der Waals surface area contributed by atoms with Crippen molar-refractivity contribution in [2.45, 2.75) is 112 Å². The van der Waals surface area contributed by atoms with Crippen molar-refractivity contribution in [2.24, 2.45) is 51.2 Å². The molecular weight excluding hydrogens is 364 g/mol. The van der Waals surface area contributed by atoms with Crippen molar-refractivity contribution < 1.29 is 4.79 Å². The lowest BCUT2D eigenvalue weighted by atomic mass is 9.43. The SMILES string of the molecule is C=C(C)C(C)CCC(C)C1CCC2(C)C3CCC4CC(=O)CCC45CC35CCC12C. The Labute approximate surface area is 185 Å². The van der Waals surface area contributed by atoms with Crippen LogP contribution in [0.2, 0.25) is 0 Å². The van der Waals surface area contributed by atoms with Crippen LogP contribution in [0.15, 0.2) is 12.2 Å². The van der Waals surface area contributed by atoms with Crippen molar-refractivity contribution >= 4 is 5.78 Å². The monoisotopic (exact) mass is 410 g/mol. The predicted molar refractivity (Wildman–Crippen MR) is 125 cm³/mol. The Morgan fingerprint density at radius 3 is 2.50 bits per heavy atom. The molecule has 9 atom stereocenters. The lowest BCUT2D eigenvalue weighted by Gasteiger charge is -2.61. The summed E-state index contributed by atoms with van der Waals surface area (Å²) in [5.74, 6) is 4.64. The summed E-state index contributed by atoms with van der Waals surface area (Å²) in [5, 5.41) is 0. The molecule has 168 valence electrons. The molecule has 0 aromatic heterocycles. The summed E-state index contributed by atoms with van der Waals surface area (Å²) in [7, 11) is 0. The zero-order valence-electron chi connectivity index (χ0n) is 20.5. The van der Waals surface area contributed by atoms with E-state index in [0.717, 1.165) is 36.5 Å². The van der Waals surface area contributed by atoms with E-state index in [9.17, 15) is 4.79 Å². The van der Waals surface area contributed by atoms with Crippen molar-refractivity contribution in [3.05, 3.63) is 12.2 Å². The molecule has 5 saturated carbocycles. The fraction of sp³-hybridized carbons (Fsp3) is 0.897. The zero-order chi connectivity index (χ0) is 21.5. The molecule has 5 aliphatic carbocycles. The van der Waals surface area contributed by atoms with Crippen molar-refractivity contribution in [3.63, 3.8) is 0 Å². The highest BCUT2D eigenvalue weighted by atomic mass is 16.1. The summed E-state index contributed by atoms with van der Waals surface area (Å²) < 4.78 is 0. The number of hydrogen-bond donors (Lipinski definition) is 0. The third kappa shape index (κ3) is 2.56. The van der Waals surface area contributed by atoms with Gasteiger partial charge in [0, 0.05) is 12.8 Å². The maximum Gasteiger partial charge on any atom is 0.133 e. The average Bonchev–Trinajstić information content (AvgIpc) is 3.28. The van der Waals surface area contributed by atoms with Gasteiger partial charge >= 0.3 is 0 Å². The quantitative estimate of drug-likeness (QED) is 0.420. The van der Waals surface area contributed by atoms with E-state index in [1.54, 1.807) is 0 Å². The van der Waals surface area contributed by atoms with Crippen molar-refractivity contribution in [1.29, 1.82) is 0 Å². The first-order valence-electron chi connectivity index (χ1n) is 13.3. The van der Waals surface area contributed by atoms with E-state index in [-0.39, 0.29) is 0 Å². The van der Waals surface area contributed by atoms with E-state index in [2.05, 4.69) is 41.2 Å². The summed E-state index contributed by atoms with van der Waals surface area (Å²) in [6.45, 7) is 16.8. The van der Waals surface area contributed by atoms with Crippen LogP contribution in [-0.2, 0) is 4.79 Å². The molecule has 30 heavy (non-hydrogen) atoms. The van der Waals surface area contributed by atoms with Gasteiger partial charge in [0.05, 0.1) is 0 Å². The molecule has 0 aliphatic heterocycles. The molecule has 0 amide bonds. The third-order valence-electron chi connectivity index (χ3n) is 12.6. The smallest absolute Gasteiger partial charge is 0.133 e. The molecule has 0 radical (unpaired) electrons. The molecule has 9 unspecified atom stereocenters. The second-order valence-corrected chi connectivity index (χ2v) is 13.3. The minimum absolute atomic E-state index is 0.524. The van der Waals surface area contributed by atoms with Crippen LogP contribution in [0.4, 0.5) is 0 Å². The number of Topliss-reactive ketones (excluding diaryl/α,β-unsaturated/α-hetero) is 1. The summed E-state index contributed by atoms with van der Waals surface area (Å²) in [6.07, 6.45) is 15.8. The van der Waals surface area contributed by atoms with Crippen LogP contribution < -0.4 is 0 Å². The topological polar surface area (TPSA) is 17.1 Å². The summed E-state index contributed by atoms with van der Waals surface area (Å²) >= 11 is 0. The van der Waals surface area contributed by atoms with Gasteiger partial charge in [-0.25, -0.2) is 0 Å². The molecule has 0 aromatic carbocycles. The number of carbonyl (C=O) groups excluding carboxylic acids is 1. The van der Waals surface area contributed by atoms with Crippen molar-refractivity contribution in [1.82, 2.24) is 0 Å². The predicted octanol–water partition coefficient (Wildman–Crippen LogP) is 7.99. The van der Waals surface area contributed by atoms with Gasteiger partial charge in [0.2, 0.25) is 0 Å². The standard InChI is InChI=1S/C29H46O/c1-19(2)20(3)7-8-21(4)24-12-13-27(6)25-10-9-22-17-23(30)11-14-28(22)18-29(25,28)16-15-26(24,27)5/h20-22,24-25H,1,7-18H2,2-6H3. The normalized spacial score (nSPS) is 51.2. The first-order valence-corrected chi connectivity index (χ1v) is 13.3. The van der Waals surface area contributed by atoms with Gasteiger partial charge in [0.25, 0.3) is 0 Å². The van der Waals surface area contributed by atoms with Gasteiger partial charge in [-0.15, -0.1) is 0 Å². The Balaban J connectivity index is 1.37. The summed E-state index contributed by atoms with van der Waals surface area (Å²) in [6, 6.07) is 0.